The second kappa shape index (κ2) is 11.7. The summed E-state index contributed by atoms with van der Waals surface area (Å²) in [6.07, 6.45) is -15.1. The molecular weight excluding hydrogens is 637 g/mol. The van der Waals surface area contributed by atoms with Crippen molar-refractivity contribution in [3.63, 3.8) is 0 Å². The van der Waals surface area contributed by atoms with Crippen molar-refractivity contribution in [1.82, 2.24) is 25.5 Å². The third-order valence-corrected chi connectivity index (χ3v) is 7.36. The third-order valence-electron chi connectivity index (χ3n) is 7.36. The fourth-order valence-electron chi connectivity index (χ4n) is 5.23. The predicted octanol–water partition coefficient (Wildman–Crippen LogP) is 7.02. The molecule has 1 aromatic heterocycles. The monoisotopic (exact) mass is 663 g/mol. The first-order valence-electron chi connectivity index (χ1n) is 13.8. The molecule has 3 heterocycles. The molecule has 3 aromatic rings. The number of alkyl halides is 9. The number of aromatic nitrogens is 4. The molecule has 5 rings (SSSR count). The van der Waals surface area contributed by atoms with Gasteiger partial charge in [0.15, 0.2) is 0 Å². The number of benzene rings is 2. The minimum Gasteiger partial charge on any atom is -0.446 e. The number of anilines is 2. The Hall–Kier alpha value is -4.51. The predicted molar refractivity (Wildman–Crippen MR) is 145 cm³/mol. The molecule has 1 N–H and O–H groups in total. The van der Waals surface area contributed by atoms with Gasteiger partial charge in [0, 0.05) is 18.8 Å². The van der Waals surface area contributed by atoms with Crippen molar-refractivity contribution < 1.29 is 49.0 Å². The molecule has 0 saturated carbocycles. The first-order chi connectivity index (χ1) is 21.3. The lowest BCUT2D eigenvalue weighted by molar-refractivity contribution is -0.143. The van der Waals surface area contributed by atoms with Crippen LogP contribution in [0, 0.1) is 0 Å². The van der Waals surface area contributed by atoms with E-state index in [2.05, 4.69) is 20.7 Å². The van der Waals surface area contributed by atoms with Crippen LogP contribution in [0.2, 0.25) is 0 Å². The van der Waals surface area contributed by atoms with Gasteiger partial charge in [0.2, 0.25) is 0 Å². The van der Waals surface area contributed by atoms with Gasteiger partial charge in [-0.05, 0) is 79.9 Å². The number of rotatable bonds is 6. The quantitative estimate of drug-likeness (QED) is 0.284. The van der Waals surface area contributed by atoms with Crippen molar-refractivity contribution in [2.75, 3.05) is 16.3 Å². The summed E-state index contributed by atoms with van der Waals surface area (Å²) in [6, 6.07) is 1.71. The third kappa shape index (κ3) is 6.69. The summed E-state index contributed by atoms with van der Waals surface area (Å²) in [7, 11) is 0. The molecule has 0 saturated heterocycles. The van der Waals surface area contributed by atoms with Crippen LogP contribution < -0.4 is 15.1 Å². The van der Waals surface area contributed by atoms with E-state index < -0.39 is 71.6 Å². The summed E-state index contributed by atoms with van der Waals surface area (Å²) in [5, 5.41) is 15.0. The lowest BCUT2D eigenvalue weighted by atomic mass is 9.89. The average molecular weight is 664 g/mol. The first kappa shape index (κ1) is 32.9. The summed E-state index contributed by atoms with van der Waals surface area (Å²) in [5.41, 5.74) is -4.27. The Bertz CT molecular complexity index is 1610. The van der Waals surface area contributed by atoms with E-state index in [9.17, 15) is 44.3 Å². The summed E-state index contributed by atoms with van der Waals surface area (Å²) >= 11 is 0. The van der Waals surface area contributed by atoms with Crippen molar-refractivity contribution >= 4 is 23.4 Å². The van der Waals surface area contributed by atoms with Crippen molar-refractivity contribution in [3.8, 4) is 0 Å². The number of ether oxygens (including phenoxy) is 1. The Labute approximate surface area is 255 Å². The van der Waals surface area contributed by atoms with Crippen LogP contribution in [0.4, 0.5) is 55.9 Å². The molecule has 248 valence electrons. The molecule has 18 heteroatoms. The standard InChI is InChI=1S/C28H26F9N7O2/c1-14(2)46-25(45)43-15(3)6-23(21-10-17(26(29,30)31)4-5-22(21)43)42(24-39-41-44(40-24)20-11-38-12-20)13-16-7-18(27(32,33)34)9-19(8-16)28(35,36)37/h4-5,7-11,14-15,23,38H,6,12-13H2,1-3H3. The maximum Gasteiger partial charge on any atom is 0.416 e. The van der Waals surface area contributed by atoms with Gasteiger partial charge in [-0.1, -0.05) is 5.10 Å². The van der Waals surface area contributed by atoms with Crippen LogP contribution in [0.1, 0.15) is 61.1 Å². The number of hydrogen-bond acceptors (Lipinski definition) is 7. The molecule has 2 atom stereocenters. The van der Waals surface area contributed by atoms with Gasteiger partial charge in [0.25, 0.3) is 5.95 Å². The van der Waals surface area contributed by atoms with Crippen LogP contribution in [0.15, 0.2) is 42.6 Å². The van der Waals surface area contributed by atoms with Crippen molar-refractivity contribution in [3.05, 3.63) is 70.4 Å². The molecule has 0 aliphatic carbocycles. The Morgan fingerprint density at radius 2 is 1.59 bits per heavy atom. The maximum absolute atomic E-state index is 13.9. The maximum atomic E-state index is 13.9. The van der Waals surface area contributed by atoms with E-state index in [4.69, 9.17) is 4.74 Å². The summed E-state index contributed by atoms with van der Waals surface area (Å²) in [6.45, 7) is 4.37. The molecule has 2 unspecified atom stereocenters. The van der Waals surface area contributed by atoms with E-state index in [-0.39, 0.29) is 29.7 Å². The Kier molecular flexibility index (Phi) is 8.35. The van der Waals surface area contributed by atoms with Crippen molar-refractivity contribution in [1.29, 1.82) is 0 Å². The number of hydrogen-bond donors (Lipinski definition) is 1. The minimum absolute atomic E-state index is 0.00529. The van der Waals surface area contributed by atoms with Gasteiger partial charge < -0.3 is 15.0 Å². The SMILES string of the molecule is CC(C)OC(=O)N1c2ccc(C(F)(F)F)cc2C(N(Cc2cc(C(F)(F)F)cc(C(F)(F)F)c2)c2nnn(C3=CNC3)n2)CC1C. The average Bonchev–Trinajstić information content (AvgIpc) is 3.37. The zero-order valence-electron chi connectivity index (χ0n) is 24.3. The van der Waals surface area contributed by atoms with E-state index in [1.165, 1.54) is 11.1 Å². The molecule has 0 fully saturated rings. The molecule has 2 aliphatic heterocycles. The summed E-state index contributed by atoms with van der Waals surface area (Å²) in [5.74, 6) is -0.280. The molecule has 0 spiro atoms. The minimum atomic E-state index is -5.14. The van der Waals surface area contributed by atoms with Crippen LogP contribution in [-0.4, -0.2) is 45.0 Å². The lowest BCUT2D eigenvalue weighted by Crippen LogP contribution is -2.47. The molecule has 1 amide bonds. The second-order valence-electron chi connectivity index (χ2n) is 11.1. The van der Waals surface area contributed by atoms with Crippen LogP contribution in [-0.2, 0) is 29.8 Å². The molecule has 2 aliphatic rings. The largest absolute Gasteiger partial charge is 0.446 e. The number of carbonyl (C=O) groups excluding carboxylic acids is 1. The van der Waals surface area contributed by atoms with E-state index >= 15 is 0 Å². The second-order valence-corrected chi connectivity index (χ2v) is 11.1. The van der Waals surface area contributed by atoms with Crippen LogP contribution >= 0.6 is 0 Å². The fraction of sp³-hybridized carbons (Fsp3) is 0.429. The highest BCUT2D eigenvalue weighted by Crippen LogP contribution is 2.45. The van der Waals surface area contributed by atoms with Crippen LogP contribution in [0.5, 0.6) is 0 Å². The van der Waals surface area contributed by atoms with Gasteiger partial charge in [-0.15, -0.1) is 9.90 Å². The van der Waals surface area contributed by atoms with Crippen LogP contribution in [0.3, 0.4) is 0 Å². The van der Waals surface area contributed by atoms with Crippen molar-refractivity contribution in [2.45, 2.75) is 70.5 Å². The van der Waals surface area contributed by atoms with Gasteiger partial charge in [-0.2, -0.15) is 39.5 Å². The fourth-order valence-corrected chi connectivity index (χ4v) is 5.23. The highest BCUT2D eigenvalue weighted by atomic mass is 19.4. The normalized spacial score (nSPS) is 18.5. The number of tetrazole rings is 1. The molecule has 9 nitrogen and oxygen atoms in total. The van der Waals surface area contributed by atoms with Gasteiger partial charge in [0.1, 0.15) is 0 Å². The summed E-state index contributed by atoms with van der Waals surface area (Å²) < 4.78 is 129. The zero-order chi connectivity index (χ0) is 33.8. The molecule has 46 heavy (non-hydrogen) atoms. The smallest absolute Gasteiger partial charge is 0.416 e. The number of carbonyl (C=O) groups is 1. The highest BCUT2D eigenvalue weighted by molar-refractivity contribution is 5.90. The molecule has 2 aromatic carbocycles. The number of amides is 1. The number of halogens is 9. The van der Waals surface area contributed by atoms with Crippen LogP contribution in [0.25, 0.3) is 5.70 Å². The van der Waals surface area contributed by atoms with E-state index in [0.717, 1.165) is 27.9 Å². The van der Waals surface area contributed by atoms with Gasteiger partial charge in [0.05, 0.1) is 46.8 Å². The van der Waals surface area contributed by atoms with E-state index in [1.807, 2.05) is 0 Å². The van der Waals surface area contributed by atoms with E-state index in [1.54, 1.807) is 20.8 Å². The molecular formula is C28H26F9N7O2. The number of nitrogens with one attached hydrogen (secondary N) is 1. The highest BCUT2D eigenvalue weighted by Gasteiger charge is 2.42. The Morgan fingerprint density at radius 3 is 2.11 bits per heavy atom. The van der Waals surface area contributed by atoms with Crippen molar-refractivity contribution in [2.24, 2.45) is 0 Å². The zero-order valence-corrected chi connectivity index (χ0v) is 24.3. The number of fused-ring (bicyclic) bond motifs is 1. The van der Waals surface area contributed by atoms with Gasteiger partial charge in [-0.25, -0.2) is 4.79 Å². The molecule has 0 radical (unpaired) electrons. The van der Waals surface area contributed by atoms with Gasteiger partial charge >= 0.3 is 24.6 Å². The van der Waals surface area contributed by atoms with E-state index in [0.29, 0.717) is 24.4 Å². The first-order valence-corrected chi connectivity index (χ1v) is 13.8. The lowest BCUT2D eigenvalue weighted by Gasteiger charge is -2.43. The molecule has 0 bridgehead atoms. The Balaban J connectivity index is 1.69. The topological polar surface area (TPSA) is 88.4 Å². The Morgan fingerprint density at radius 1 is 0.978 bits per heavy atom. The number of nitrogens with zero attached hydrogens (tertiary/aromatic N) is 6. The summed E-state index contributed by atoms with van der Waals surface area (Å²) in [4.78, 5) is 16.5. The van der Waals surface area contributed by atoms with Gasteiger partial charge in [-0.3, -0.25) is 4.90 Å².